The van der Waals surface area contributed by atoms with Gasteiger partial charge in [-0.2, -0.15) is 47.9 Å². The van der Waals surface area contributed by atoms with E-state index in [0.29, 0.717) is 79.5 Å². The molecule has 4 fully saturated rings. The van der Waals surface area contributed by atoms with Crippen molar-refractivity contribution >= 4 is 47.9 Å². The molecule has 7 aromatic rings. The summed E-state index contributed by atoms with van der Waals surface area (Å²) >= 11 is 9.90. The average Bonchev–Trinajstić information content (AvgIpc) is 1.71. The van der Waals surface area contributed by atoms with Crippen LogP contribution < -0.4 is 54.5 Å². The number of aromatic nitrogens is 8. The van der Waals surface area contributed by atoms with Gasteiger partial charge in [0.1, 0.15) is 42.0 Å². The minimum absolute atomic E-state index is 0.0334. The smallest absolute Gasteiger partial charge is 0.330 e. The van der Waals surface area contributed by atoms with Crippen LogP contribution in [0.5, 0.6) is 11.5 Å². The minimum Gasteiger partial charge on any atom is -0.497 e. The summed E-state index contributed by atoms with van der Waals surface area (Å²) in [4.78, 5) is 110. The first-order chi connectivity index (χ1) is 44.7. The molecule has 11 rings (SSSR count). The summed E-state index contributed by atoms with van der Waals surface area (Å²) in [5.74, 6) is 6.49. The lowest BCUT2D eigenvalue weighted by Gasteiger charge is -2.36. The zero-order valence-corrected chi connectivity index (χ0v) is 54.3. The van der Waals surface area contributed by atoms with Gasteiger partial charge in [-0.25, -0.2) is 19.2 Å². The molecule has 490 valence electrons. The summed E-state index contributed by atoms with van der Waals surface area (Å²) in [6.45, 7) is 0.261. The summed E-state index contributed by atoms with van der Waals surface area (Å²) in [5.41, 5.74) is -2.49. The molecule has 4 N–H and O–H groups in total. The SMILES string of the molecule is COc1ccc(C(OCC[C@H]2O[C@@H](n3ccc(=O)[nH]c3=O)C[C@@H]2CSCC[C@H]2O[C@@H](n3ccc(=O)[nH]c3=O)C[C@@H]2CSCC[C@H]2O[C@@H](n3ccc(=O)[nH]c3=O)C[C@@H]2CSCC[C@H]2O[C@@H](n3ccc(=O)[nH]c3=O)C[C@@H]2CS)(c2ccccc2)c2ccc(OC)cc2)cc1. The quantitative estimate of drug-likeness (QED) is 0.0190. The third-order valence-electron chi connectivity index (χ3n) is 17.9. The van der Waals surface area contributed by atoms with Crippen molar-refractivity contribution in [1.82, 2.24) is 38.2 Å². The Morgan fingerprint density at radius 3 is 1.08 bits per heavy atom. The lowest BCUT2D eigenvalue weighted by molar-refractivity contribution is -0.0438. The maximum atomic E-state index is 13.3. The predicted molar refractivity (Wildman–Crippen MR) is 356 cm³/mol. The zero-order chi connectivity index (χ0) is 64.3. The van der Waals surface area contributed by atoms with E-state index < -0.39 is 75.5 Å². The van der Waals surface area contributed by atoms with Crippen molar-refractivity contribution in [3.63, 3.8) is 0 Å². The molecule has 0 spiro atoms. The van der Waals surface area contributed by atoms with Crippen molar-refractivity contribution in [1.29, 1.82) is 0 Å². The Hall–Kier alpha value is -6.82. The number of methoxy groups -OCH3 is 2. The van der Waals surface area contributed by atoms with Gasteiger partial charge in [0.05, 0.1) is 45.2 Å². The normalized spacial score (nSPS) is 24.7. The number of aromatic amines is 4. The lowest BCUT2D eigenvalue weighted by Crippen LogP contribution is -2.34. The van der Waals surface area contributed by atoms with Crippen molar-refractivity contribution in [2.45, 2.75) is 106 Å². The van der Waals surface area contributed by atoms with Crippen molar-refractivity contribution in [3.05, 3.63) is 228 Å². The third kappa shape index (κ3) is 15.7. The van der Waals surface area contributed by atoms with Crippen molar-refractivity contribution < 1.29 is 33.2 Å². The van der Waals surface area contributed by atoms with E-state index in [-0.39, 0.29) is 54.7 Å². The average molecular weight is 1340 g/mol. The minimum atomic E-state index is -1.06. The number of benzene rings is 3. The number of hydrogen-bond donors (Lipinski definition) is 5. The van der Waals surface area contributed by atoms with Gasteiger partial charge in [-0.1, -0.05) is 54.6 Å². The molecule has 12 atom stereocenters. The number of thioether (sulfide) groups is 3. The van der Waals surface area contributed by atoms with Crippen LogP contribution in [-0.2, 0) is 29.3 Å². The summed E-state index contributed by atoms with van der Waals surface area (Å²) in [6, 6.07) is 31.0. The summed E-state index contributed by atoms with van der Waals surface area (Å²) < 4.78 is 50.7. The van der Waals surface area contributed by atoms with E-state index in [0.717, 1.165) is 40.4 Å². The van der Waals surface area contributed by atoms with Crippen LogP contribution in [-0.4, -0.2) is 124 Å². The molecule has 4 saturated heterocycles. The first-order valence-corrected chi connectivity index (χ1v) is 35.0. The van der Waals surface area contributed by atoms with Gasteiger partial charge < -0.3 is 33.2 Å². The second-order valence-electron chi connectivity index (χ2n) is 23.5. The summed E-state index contributed by atoms with van der Waals surface area (Å²) in [7, 11) is 3.26. The zero-order valence-electron chi connectivity index (χ0n) is 51.0. The van der Waals surface area contributed by atoms with Gasteiger partial charge in [0.15, 0.2) is 0 Å². The highest BCUT2D eigenvalue weighted by Crippen LogP contribution is 2.45. The molecular weight excluding hydrogens is 1260 g/mol. The van der Waals surface area contributed by atoms with Crippen LogP contribution >= 0.6 is 47.9 Å². The molecule has 3 aromatic carbocycles. The Bertz CT molecular complexity index is 4040. The van der Waals surface area contributed by atoms with Crippen LogP contribution in [0.1, 0.15) is 93.0 Å². The highest BCUT2D eigenvalue weighted by molar-refractivity contribution is 7.99. The van der Waals surface area contributed by atoms with E-state index >= 15 is 0 Å². The van der Waals surface area contributed by atoms with E-state index in [2.05, 4.69) is 44.7 Å². The third-order valence-corrected chi connectivity index (χ3v) is 21.9. The van der Waals surface area contributed by atoms with Crippen LogP contribution in [0.25, 0.3) is 0 Å². The Morgan fingerprint density at radius 2 is 0.750 bits per heavy atom. The second kappa shape index (κ2) is 31.0. The van der Waals surface area contributed by atoms with Gasteiger partial charge in [0.2, 0.25) is 0 Å². The lowest BCUT2D eigenvalue weighted by atomic mass is 9.80. The molecule has 8 heterocycles. The monoisotopic (exact) mass is 1340 g/mol. The molecule has 23 nitrogen and oxygen atoms in total. The number of rotatable bonds is 29. The maximum absolute atomic E-state index is 13.3. The number of ether oxygens (including phenoxy) is 7. The molecule has 0 radical (unpaired) electrons. The van der Waals surface area contributed by atoms with Crippen LogP contribution in [0, 0.1) is 23.7 Å². The Morgan fingerprint density at radius 1 is 0.435 bits per heavy atom. The standard InChI is InChI=1S/C65H76N8O15S4/c1-82-47-12-8-45(9-13-47)65(44-6-4-3-5-7-44,46-10-14-48(83-2)15-11-46)84-28-20-49-41(33-58(85-49)71-25-17-54(75)67-62(71)79)37-91-30-22-51-43(35-60(87-51)73-27-19-56(77)69-64(73)81)39-92-31-23-52-42(34-59(88-52)72-26-18-55(76)68-63(72)80)38-90-29-21-50-40(36-89)32-57(86-50)70-24-16-53(74)66-61(70)78/h3-19,24-27,40-43,49-52,57-60,89H,20-23,28-39H2,1-2H3,(H,66,74,78)(H,67,75,79)(H,68,76,80)(H,69,77,81)/t40-,41-,42-,43-,49-,50-,51-,52-,57-,58-,59-,60-/m1/s1. The van der Waals surface area contributed by atoms with Gasteiger partial charge in [-0.15, -0.1) is 0 Å². The van der Waals surface area contributed by atoms with Crippen LogP contribution in [0.2, 0.25) is 0 Å². The molecular formula is C65H76N8O15S4. The van der Waals surface area contributed by atoms with Crippen molar-refractivity contribution in [2.24, 2.45) is 23.7 Å². The van der Waals surface area contributed by atoms with Crippen molar-refractivity contribution in [3.8, 4) is 11.5 Å². The van der Waals surface area contributed by atoms with E-state index in [1.807, 2.05) is 66.7 Å². The number of nitrogens with zero attached hydrogens (tertiary/aromatic N) is 4. The molecule has 4 aliphatic heterocycles. The number of thiol groups is 1. The second-order valence-corrected chi connectivity index (χ2v) is 27.3. The van der Waals surface area contributed by atoms with E-state index in [4.69, 9.17) is 33.2 Å². The largest absolute Gasteiger partial charge is 0.497 e. The van der Waals surface area contributed by atoms with Gasteiger partial charge >= 0.3 is 22.8 Å². The van der Waals surface area contributed by atoms with E-state index in [9.17, 15) is 38.4 Å². The van der Waals surface area contributed by atoms with Crippen molar-refractivity contribution in [2.75, 3.05) is 61.1 Å². The fraction of sp³-hybridized carbons (Fsp3) is 0.477. The molecule has 0 bridgehead atoms. The highest BCUT2D eigenvalue weighted by Gasteiger charge is 2.43. The molecule has 0 amide bonds. The fourth-order valence-corrected chi connectivity index (χ4v) is 17.1. The molecule has 4 aliphatic rings. The van der Waals surface area contributed by atoms with Crippen LogP contribution in [0.3, 0.4) is 0 Å². The molecule has 0 saturated carbocycles. The predicted octanol–water partition coefficient (Wildman–Crippen LogP) is 6.52. The first-order valence-electron chi connectivity index (χ1n) is 30.9. The molecule has 4 aromatic heterocycles. The van der Waals surface area contributed by atoms with E-state index in [1.165, 1.54) is 67.3 Å². The van der Waals surface area contributed by atoms with Gasteiger partial charge in [0, 0.05) is 49.1 Å². The van der Waals surface area contributed by atoms with Crippen LogP contribution in [0.15, 0.2) is 166 Å². The fourth-order valence-electron chi connectivity index (χ4n) is 13.1. The number of hydrogen-bond acceptors (Lipinski definition) is 19. The maximum Gasteiger partial charge on any atom is 0.330 e. The Kier molecular flexibility index (Phi) is 22.4. The topological polar surface area (TPSA) is 284 Å². The Labute approximate surface area is 546 Å². The summed E-state index contributed by atoms with van der Waals surface area (Å²) in [5, 5.41) is 0. The molecule has 0 unspecified atom stereocenters. The van der Waals surface area contributed by atoms with E-state index in [1.54, 1.807) is 49.5 Å². The van der Waals surface area contributed by atoms with Crippen LogP contribution in [0.4, 0.5) is 0 Å². The number of nitrogens with one attached hydrogen (secondary N) is 4. The van der Waals surface area contributed by atoms with Gasteiger partial charge in [-0.05, 0) is 156 Å². The van der Waals surface area contributed by atoms with Gasteiger partial charge in [-0.3, -0.25) is 57.4 Å². The molecule has 27 heteroatoms. The number of H-pyrrole nitrogens is 4. The first kappa shape index (κ1) is 66.6. The molecule has 0 aliphatic carbocycles. The van der Waals surface area contributed by atoms with Gasteiger partial charge in [0.25, 0.3) is 22.2 Å². The Balaban J connectivity index is 0.747. The summed E-state index contributed by atoms with van der Waals surface area (Å²) in [6.07, 6.45) is 7.38. The highest BCUT2D eigenvalue weighted by atomic mass is 32.2. The molecule has 92 heavy (non-hydrogen) atoms.